The minimum absolute atomic E-state index is 0. The summed E-state index contributed by atoms with van der Waals surface area (Å²) in [6.45, 7) is 0. The van der Waals surface area contributed by atoms with E-state index in [1.165, 1.54) is 0 Å². The fourth-order valence-corrected chi connectivity index (χ4v) is 0. The topological polar surface area (TPSA) is 109 Å². The van der Waals surface area contributed by atoms with Crippen LogP contribution in [0.15, 0.2) is 0 Å². The first-order valence-corrected chi connectivity index (χ1v) is 1.09. The summed E-state index contributed by atoms with van der Waals surface area (Å²) in [4.78, 5) is 18.0. The van der Waals surface area contributed by atoms with Crippen molar-refractivity contribution in [3.05, 3.63) is 0 Å². The van der Waals surface area contributed by atoms with Crippen molar-refractivity contribution in [1.82, 2.24) is 0 Å². The molecule has 0 aliphatic rings. The number of carboxylic acids is 2. The minimum Gasteiger partial charge on any atom is -0.539 e. The molecule has 0 unspecified atom stereocenters. The third-order valence-electron chi connectivity index (χ3n) is 0.175. The Bertz CT molecular complexity index is 76.4. The van der Waals surface area contributed by atoms with Gasteiger partial charge in [0.15, 0.2) is 5.97 Å². The van der Waals surface area contributed by atoms with E-state index in [1.807, 2.05) is 0 Å². The van der Waals surface area contributed by atoms with Gasteiger partial charge in [0.2, 0.25) is 0 Å². The average Bonchev–Trinajstić information content (AvgIpc) is 1.36. The van der Waals surface area contributed by atoms with Gasteiger partial charge in [-0.25, -0.2) is 4.79 Å². The van der Waals surface area contributed by atoms with E-state index < -0.39 is 11.9 Å². The second kappa shape index (κ2) is 7.54. The summed E-state index contributed by atoms with van der Waals surface area (Å²) in [6.07, 6.45) is 0. The Balaban J connectivity index is -0.000000125. The molecule has 0 saturated carbocycles. The van der Waals surface area contributed by atoms with E-state index in [4.69, 9.17) is 19.8 Å². The molecule has 0 heterocycles. The average molecular weight is 146 g/mol. The zero-order valence-electron chi connectivity index (χ0n) is 4.17. The van der Waals surface area contributed by atoms with Crippen LogP contribution in [0.1, 0.15) is 0 Å². The van der Waals surface area contributed by atoms with Gasteiger partial charge in [-0.15, -0.1) is 0 Å². The minimum atomic E-state index is -2.07. The van der Waals surface area contributed by atoms with Gasteiger partial charge in [-0.1, -0.05) is 0 Å². The zero-order chi connectivity index (χ0) is 5.15. The molecule has 6 heteroatoms. The fourth-order valence-electron chi connectivity index (χ4n) is 0. The van der Waals surface area contributed by atoms with Crippen LogP contribution in [0.4, 0.5) is 0 Å². The monoisotopic (exact) mass is 146 g/mol. The van der Waals surface area contributed by atoms with Crippen molar-refractivity contribution in [1.29, 1.82) is 0 Å². The van der Waals surface area contributed by atoms with E-state index in [0.717, 1.165) is 0 Å². The van der Waals surface area contributed by atoms with Crippen LogP contribution in [0.25, 0.3) is 0 Å². The summed E-state index contributed by atoms with van der Waals surface area (Å²) >= 11 is 0. The molecule has 0 radical (unpaired) electrons. The summed E-state index contributed by atoms with van der Waals surface area (Å²) < 4.78 is 0. The maximum absolute atomic E-state index is 9.04. The third-order valence-corrected chi connectivity index (χ3v) is 0.175. The zero-order valence-corrected chi connectivity index (χ0v) is 7.30. The van der Waals surface area contributed by atoms with E-state index in [1.54, 1.807) is 0 Å². The molecule has 0 amide bonds. The Morgan fingerprint density at radius 1 is 1.38 bits per heavy atom. The summed E-state index contributed by atoms with van der Waals surface area (Å²) in [5.41, 5.74) is 0. The van der Waals surface area contributed by atoms with Crippen molar-refractivity contribution >= 4 is 11.9 Å². The van der Waals surface area contributed by atoms with E-state index in [2.05, 4.69) is 0 Å². The van der Waals surface area contributed by atoms with Crippen molar-refractivity contribution in [2.45, 2.75) is 0 Å². The molecule has 0 bridgehead atoms. The van der Waals surface area contributed by atoms with Gasteiger partial charge in [-0.2, -0.15) is 0 Å². The molecule has 8 heavy (non-hydrogen) atoms. The number of hydrogen-bond acceptors (Lipinski definition) is 3. The maximum Gasteiger partial charge on any atom is 1.00 e. The van der Waals surface area contributed by atoms with Crippen LogP contribution in [0.2, 0.25) is 0 Å². The quantitative estimate of drug-likeness (QED) is 0.271. The number of rotatable bonds is 0. The van der Waals surface area contributed by atoms with Crippen molar-refractivity contribution in [3.63, 3.8) is 0 Å². The fraction of sp³-hybridized carbons (Fsp3) is 0. The Kier molecular flexibility index (Phi) is 14.9. The smallest absolute Gasteiger partial charge is 0.539 e. The number of carbonyl (C=O) groups excluding carboxylic acids is 1. The second-order valence-corrected chi connectivity index (χ2v) is 0.593. The SMILES string of the molecule is O.O=C([O-])C(=O)O.[K+]. The van der Waals surface area contributed by atoms with E-state index in [0.29, 0.717) is 0 Å². The number of hydrogen-bond donors (Lipinski definition) is 1. The molecule has 0 aliphatic carbocycles. The van der Waals surface area contributed by atoms with Crippen molar-refractivity contribution in [3.8, 4) is 0 Å². The van der Waals surface area contributed by atoms with Crippen LogP contribution >= 0.6 is 0 Å². The Morgan fingerprint density at radius 2 is 1.50 bits per heavy atom. The Labute approximate surface area is 87.4 Å². The van der Waals surface area contributed by atoms with Gasteiger partial charge in [-0.3, -0.25) is 0 Å². The normalized spacial score (nSPS) is 5.50. The van der Waals surface area contributed by atoms with Gasteiger partial charge in [0.05, 0.1) is 0 Å². The molecule has 3 N–H and O–H groups in total. The summed E-state index contributed by atoms with van der Waals surface area (Å²) in [6, 6.07) is 0. The molecule has 0 saturated heterocycles. The molecular weight excluding hydrogens is 143 g/mol. The van der Waals surface area contributed by atoms with E-state index >= 15 is 0 Å². The molecule has 0 aromatic rings. The van der Waals surface area contributed by atoms with Crippen molar-refractivity contribution in [2.24, 2.45) is 0 Å². The van der Waals surface area contributed by atoms with Gasteiger partial charge in [0.1, 0.15) is 0 Å². The first kappa shape index (κ1) is 15.8. The predicted octanol–water partition coefficient (Wildman–Crippen LogP) is -6.00. The molecule has 0 fully saturated rings. The molecule has 0 aromatic carbocycles. The van der Waals surface area contributed by atoms with Crippen LogP contribution < -0.4 is 56.5 Å². The molecule has 5 nitrogen and oxygen atoms in total. The van der Waals surface area contributed by atoms with Gasteiger partial charge >= 0.3 is 57.4 Å². The summed E-state index contributed by atoms with van der Waals surface area (Å²) in [5, 5.41) is 16.3. The Hall–Kier alpha value is 0.536. The van der Waals surface area contributed by atoms with Crippen LogP contribution in [-0.2, 0) is 9.59 Å². The number of carboxylic acid groups (broad SMARTS) is 2. The number of aliphatic carboxylic acids is 2. The molecule has 0 atom stereocenters. The Morgan fingerprint density at radius 3 is 1.50 bits per heavy atom. The molecule has 0 spiro atoms. The summed E-state index contributed by atoms with van der Waals surface area (Å²) in [5.74, 6) is -4.01. The van der Waals surface area contributed by atoms with Crippen molar-refractivity contribution < 1.29 is 76.7 Å². The van der Waals surface area contributed by atoms with Crippen LogP contribution in [0, 0.1) is 0 Å². The first-order chi connectivity index (χ1) is 2.64. The van der Waals surface area contributed by atoms with Crippen LogP contribution in [0.5, 0.6) is 0 Å². The van der Waals surface area contributed by atoms with Gasteiger partial charge in [-0.05, 0) is 0 Å². The van der Waals surface area contributed by atoms with Gasteiger partial charge in [0, 0.05) is 0 Å². The van der Waals surface area contributed by atoms with Gasteiger partial charge < -0.3 is 20.5 Å². The molecule has 0 aromatic heterocycles. The third kappa shape index (κ3) is 9.74. The van der Waals surface area contributed by atoms with E-state index in [-0.39, 0.29) is 56.9 Å². The second-order valence-electron chi connectivity index (χ2n) is 0.593. The van der Waals surface area contributed by atoms with E-state index in [9.17, 15) is 0 Å². The maximum atomic E-state index is 9.04. The molecule has 0 aliphatic heterocycles. The standard InChI is InChI=1S/C2H2O4.K.H2O/c3-1(4)2(5)6;;/h(H,3,4)(H,5,6);;1H2/q;+1;/p-1. The molecular formula is C2H3KO5. The van der Waals surface area contributed by atoms with Crippen LogP contribution in [0.3, 0.4) is 0 Å². The summed E-state index contributed by atoms with van der Waals surface area (Å²) in [7, 11) is 0. The largest absolute Gasteiger partial charge is 1.00 e. The first-order valence-electron chi connectivity index (χ1n) is 1.09. The number of carbonyl (C=O) groups is 2. The molecule has 42 valence electrons. The van der Waals surface area contributed by atoms with Crippen molar-refractivity contribution in [2.75, 3.05) is 0 Å². The van der Waals surface area contributed by atoms with Crippen LogP contribution in [-0.4, -0.2) is 22.5 Å². The van der Waals surface area contributed by atoms with Gasteiger partial charge in [0.25, 0.3) is 0 Å². The molecule has 0 rings (SSSR count). The predicted molar refractivity (Wildman–Crippen MR) is 16.3 cm³/mol.